The van der Waals surface area contributed by atoms with Crippen LogP contribution in [-0.4, -0.2) is 17.1 Å². The highest BCUT2D eigenvalue weighted by molar-refractivity contribution is 5.76. The van der Waals surface area contributed by atoms with Gasteiger partial charge in [0.15, 0.2) is 0 Å². The summed E-state index contributed by atoms with van der Waals surface area (Å²) in [6.45, 7) is 5.60. The average molecular weight is 193 g/mol. The first kappa shape index (κ1) is 10.6. The highest BCUT2D eigenvalue weighted by Crippen LogP contribution is 2.14. The van der Waals surface area contributed by atoms with Gasteiger partial charge in [-0.25, -0.2) is 0 Å². The third-order valence-electron chi connectivity index (χ3n) is 1.98. The van der Waals surface area contributed by atoms with Gasteiger partial charge in [0, 0.05) is 5.69 Å². The fourth-order valence-electron chi connectivity index (χ4n) is 1.37. The average Bonchev–Trinajstić information content (AvgIpc) is 2.01. The van der Waals surface area contributed by atoms with Crippen molar-refractivity contribution in [1.29, 1.82) is 0 Å². The normalized spacial score (nSPS) is 12.2. The summed E-state index contributed by atoms with van der Waals surface area (Å²) in [6.07, 6.45) is 0. The second-order valence-corrected chi connectivity index (χ2v) is 3.58. The molecule has 2 N–H and O–H groups in total. The van der Waals surface area contributed by atoms with Crippen molar-refractivity contribution in [2.24, 2.45) is 0 Å². The third kappa shape index (κ3) is 2.76. The highest BCUT2D eigenvalue weighted by Gasteiger charge is 2.09. The summed E-state index contributed by atoms with van der Waals surface area (Å²) in [5, 5.41) is 11.6. The molecule has 76 valence electrons. The lowest BCUT2D eigenvalue weighted by atomic mass is 10.1. The van der Waals surface area contributed by atoms with Crippen LogP contribution in [0.15, 0.2) is 18.2 Å². The van der Waals surface area contributed by atoms with Crippen LogP contribution >= 0.6 is 0 Å². The number of aliphatic carboxylic acids is 1. The summed E-state index contributed by atoms with van der Waals surface area (Å²) >= 11 is 0. The third-order valence-corrected chi connectivity index (χ3v) is 1.98. The Bertz CT molecular complexity index is 327. The lowest BCUT2D eigenvalue weighted by Crippen LogP contribution is -2.25. The molecule has 14 heavy (non-hydrogen) atoms. The molecule has 0 radical (unpaired) electrons. The smallest absolute Gasteiger partial charge is 0.325 e. The van der Waals surface area contributed by atoms with Crippen molar-refractivity contribution in [3.8, 4) is 0 Å². The molecule has 1 aromatic rings. The van der Waals surface area contributed by atoms with Crippen molar-refractivity contribution in [3.63, 3.8) is 0 Å². The van der Waals surface area contributed by atoms with Crippen LogP contribution in [0.25, 0.3) is 0 Å². The van der Waals surface area contributed by atoms with E-state index in [2.05, 4.69) is 11.4 Å². The van der Waals surface area contributed by atoms with E-state index in [1.807, 2.05) is 26.0 Å². The molecule has 0 aromatic heterocycles. The maximum absolute atomic E-state index is 10.6. The lowest BCUT2D eigenvalue weighted by molar-refractivity contribution is -0.137. The van der Waals surface area contributed by atoms with Crippen LogP contribution in [-0.2, 0) is 4.79 Å². The monoisotopic (exact) mass is 193 g/mol. The lowest BCUT2D eigenvalue weighted by Gasteiger charge is -2.11. The van der Waals surface area contributed by atoms with E-state index in [4.69, 9.17) is 5.11 Å². The zero-order valence-electron chi connectivity index (χ0n) is 8.66. The summed E-state index contributed by atoms with van der Waals surface area (Å²) in [5.74, 6) is -0.843. The standard InChI is InChI=1S/C11H15NO2/c1-7-4-8(2)6-10(5-7)12-9(3)11(13)14/h4-6,9,12H,1-3H3,(H,13,14)/t9-/m1/s1. The number of carbonyl (C=O) groups is 1. The van der Waals surface area contributed by atoms with E-state index in [1.54, 1.807) is 6.92 Å². The predicted molar refractivity (Wildman–Crippen MR) is 56.6 cm³/mol. The Balaban J connectivity index is 2.81. The Morgan fingerprint density at radius 1 is 1.29 bits per heavy atom. The molecule has 1 atom stereocenters. The predicted octanol–water partition coefficient (Wildman–Crippen LogP) is 2.19. The number of aryl methyl sites for hydroxylation is 2. The Morgan fingerprint density at radius 2 is 1.79 bits per heavy atom. The van der Waals surface area contributed by atoms with Gasteiger partial charge in [0.1, 0.15) is 6.04 Å². The molecule has 1 aromatic carbocycles. The minimum absolute atomic E-state index is 0.559. The molecule has 1 rings (SSSR count). The van der Waals surface area contributed by atoms with Crippen molar-refractivity contribution in [3.05, 3.63) is 29.3 Å². The molecule has 3 nitrogen and oxygen atoms in total. The molecule has 0 aliphatic rings. The van der Waals surface area contributed by atoms with Gasteiger partial charge < -0.3 is 10.4 Å². The molecule has 0 aliphatic carbocycles. The molecule has 0 fully saturated rings. The van der Waals surface area contributed by atoms with Crippen LogP contribution in [0.3, 0.4) is 0 Å². The number of rotatable bonds is 3. The molecular formula is C11H15NO2. The van der Waals surface area contributed by atoms with E-state index in [1.165, 1.54) is 0 Å². The summed E-state index contributed by atoms with van der Waals surface area (Å²) in [6, 6.07) is 5.37. The minimum atomic E-state index is -0.843. The fourth-order valence-corrected chi connectivity index (χ4v) is 1.37. The summed E-state index contributed by atoms with van der Waals surface area (Å²) in [4.78, 5) is 10.6. The Kier molecular flexibility index (Phi) is 3.12. The second-order valence-electron chi connectivity index (χ2n) is 3.58. The molecule has 3 heteroatoms. The van der Waals surface area contributed by atoms with Gasteiger partial charge in [-0.05, 0) is 44.0 Å². The summed E-state index contributed by atoms with van der Waals surface area (Å²) in [7, 11) is 0. The van der Waals surface area contributed by atoms with Gasteiger partial charge in [0.05, 0.1) is 0 Å². The first-order valence-electron chi connectivity index (χ1n) is 4.56. The van der Waals surface area contributed by atoms with E-state index in [9.17, 15) is 4.79 Å². The van der Waals surface area contributed by atoms with E-state index >= 15 is 0 Å². The van der Waals surface area contributed by atoms with Gasteiger partial charge in [-0.3, -0.25) is 4.79 Å². The Hall–Kier alpha value is -1.51. The van der Waals surface area contributed by atoms with Gasteiger partial charge in [-0.2, -0.15) is 0 Å². The van der Waals surface area contributed by atoms with Crippen molar-refractivity contribution < 1.29 is 9.90 Å². The summed E-state index contributed by atoms with van der Waals surface area (Å²) < 4.78 is 0. The molecule has 0 amide bonds. The van der Waals surface area contributed by atoms with Crippen molar-refractivity contribution in [2.45, 2.75) is 26.8 Å². The molecule has 0 saturated carbocycles. The molecule has 0 aliphatic heterocycles. The SMILES string of the molecule is Cc1cc(C)cc(N[C@H](C)C(=O)O)c1. The van der Waals surface area contributed by atoms with Gasteiger partial charge in [0.25, 0.3) is 0 Å². The van der Waals surface area contributed by atoms with Crippen LogP contribution in [0, 0.1) is 13.8 Å². The first-order chi connectivity index (χ1) is 6.49. The van der Waals surface area contributed by atoms with Gasteiger partial charge in [-0.1, -0.05) is 6.07 Å². The first-order valence-corrected chi connectivity index (χ1v) is 4.56. The quantitative estimate of drug-likeness (QED) is 0.773. The number of carboxylic acid groups (broad SMARTS) is 1. The van der Waals surface area contributed by atoms with Crippen LogP contribution in [0.2, 0.25) is 0 Å². The number of nitrogens with one attached hydrogen (secondary N) is 1. The molecule has 0 bridgehead atoms. The van der Waals surface area contributed by atoms with E-state index in [-0.39, 0.29) is 0 Å². The van der Waals surface area contributed by atoms with E-state index in [0.29, 0.717) is 0 Å². The van der Waals surface area contributed by atoms with Crippen molar-refractivity contribution in [1.82, 2.24) is 0 Å². The molecule has 0 unspecified atom stereocenters. The maximum Gasteiger partial charge on any atom is 0.325 e. The largest absolute Gasteiger partial charge is 0.480 e. The number of carboxylic acids is 1. The van der Waals surface area contributed by atoms with Gasteiger partial charge in [-0.15, -0.1) is 0 Å². The second kappa shape index (κ2) is 4.13. The Morgan fingerprint density at radius 3 is 2.21 bits per heavy atom. The zero-order valence-corrected chi connectivity index (χ0v) is 8.66. The molecule has 0 saturated heterocycles. The number of hydrogen-bond donors (Lipinski definition) is 2. The number of anilines is 1. The van der Waals surface area contributed by atoms with Gasteiger partial charge >= 0.3 is 5.97 Å². The van der Waals surface area contributed by atoms with Crippen LogP contribution in [0.5, 0.6) is 0 Å². The topological polar surface area (TPSA) is 49.3 Å². The van der Waals surface area contributed by atoms with Crippen LogP contribution < -0.4 is 5.32 Å². The maximum atomic E-state index is 10.6. The van der Waals surface area contributed by atoms with E-state index in [0.717, 1.165) is 16.8 Å². The van der Waals surface area contributed by atoms with Crippen molar-refractivity contribution in [2.75, 3.05) is 5.32 Å². The van der Waals surface area contributed by atoms with Crippen molar-refractivity contribution >= 4 is 11.7 Å². The number of hydrogen-bond acceptors (Lipinski definition) is 2. The minimum Gasteiger partial charge on any atom is -0.480 e. The highest BCUT2D eigenvalue weighted by atomic mass is 16.4. The van der Waals surface area contributed by atoms with E-state index < -0.39 is 12.0 Å². The van der Waals surface area contributed by atoms with Crippen LogP contribution in [0.1, 0.15) is 18.1 Å². The fraction of sp³-hybridized carbons (Fsp3) is 0.364. The van der Waals surface area contributed by atoms with Gasteiger partial charge in [0.2, 0.25) is 0 Å². The summed E-state index contributed by atoms with van der Waals surface area (Å²) in [5.41, 5.74) is 3.12. The molecular weight excluding hydrogens is 178 g/mol. The molecule has 0 heterocycles. The molecule has 0 spiro atoms. The Labute approximate surface area is 83.8 Å². The number of benzene rings is 1. The van der Waals surface area contributed by atoms with Crippen LogP contribution in [0.4, 0.5) is 5.69 Å². The zero-order chi connectivity index (χ0) is 10.7.